The number of piperidine rings is 1. The van der Waals surface area contributed by atoms with E-state index in [1.807, 2.05) is 4.90 Å². The van der Waals surface area contributed by atoms with Crippen molar-refractivity contribution in [1.29, 1.82) is 0 Å². The third kappa shape index (κ3) is 3.58. The molecule has 2 aromatic rings. The third-order valence-electron chi connectivity index (χ3n) is 4.71. The number of aliphatic carboxylic acids is 1. The van der Waals surface area contributed by atoms with Crippen LogP contribution in [0.4, 0.5) is 4.39 Å². The van der Waals surface area contributed by atoms with Gasteiger partial charge in [-0.2, -0.15) is 0 Å². The number of halogens is 1. The molecule has 1 aromatic heterocycles. The lowest BCUT2D eigenvalue weighted by atomic mass is 9.97. The Balaban J connectivity index is 1.74. The van der Waals surface area contributed by atoms with Crippen molar-refractivity contribution in [2.24, 2.45) is 0 Å². The number of nitrogens with zero attached hydrogens (tertiary/aromatic N) is 1. The zero-order valence-electron chi connectivity index (χ0n) is 13.4. The molecule has 3 rings (SSSR count). The Morgan fingerprint density at radius 1 is 1.33 bits per heavy atom. The lowest BCUT2D eigenvalue weighted by Gasteiger charge is -2.35. The Morgan fingerprint density at radius 2 is 2.17 bits per heavy atom. The maximum Gasteiger partial charge on any atom is 0.303 e. The van der Waals surface area contributed by atoms with Gasteiger partial charge in [0, 0.05) is 36.1 Å². The number of amides is 1. The van der Waals surface area contributed by atoms with Gasteiger partial charge in [-0.15, -0.1) is 0 Å². The van der Waals surface area contributed by atoms with Crippen molar-refractivity contribution in [3.05, 3.63) is 35.8 Å². The van der Waals surface area contributed by atoms with Gasteiger partial charge < -0.3 is 15.0 Å². The first-order valence-corrected chi connectivity index (χ1v) is 8.31. The predicted octanol–water partition coefficient (Wildman–Crippen LogP) is 3.10. The highest BCUT2D eigenvalue weighted by molar-refractivity contribution is 5.89. The number of fused-ring (bicyclic) bond motifs is 1. The monoisotopic (exact) mass is 332 g/mol. The third-order valence-corrected chi connectivity index (χ3v) is 4.71. The van der Waals surface area contributed by atoms with Crippen molar-refractivity contribution in [3.8, 4) is 0 Å². The number of carbonyl (C=O) groups excluding carboxylic acids is 1. The van der Waals surface area contributed by atoms with Gasteiger partial charge in [0.25, 0.3) is 0 Å². The van der Waals surface area contributed by atoms with Gasteiger partial charge in [-0.25, -0.2) is 4.39 Å². The smallest absolute Gasteiger partial charge is 0.303 e. The van der Waals surface area contributed by atoms with Gasteiger partial charge in [-0.3, -0.25) is 9.59 Å². The lowest BCUT2D eigenvalue weighted by Crippen LogP contribution is -2.44. The highest BCUT2D eigenvalue weighted by atomic mass is 19.1. The van der Waals surface area contributed by atoms with Gasteiger partial charge in [0.15, 0.2) is 0 Å². The normalized spacial score (nSPS) is 18.0. The minimum atomic E-state index is -0.833. The van der Waals surface area contributed by atoms with Crippen molar-refractivity contribution < 1.29 is 19.1 Å². The molecular weight excluding hydrogens is 311 g/mol. The van der Waals surface area contributed by atoms with Crippen LogP contribution in [0, 0.1) is 5.82 Å². The number of likely N-dealkylation sites (tertiary alicyclic amines) is 1. The molecule has 0 bridgehead atoms. The lowest BCUT2D eigenvalue weighted by molar-refractivity contribution is -0.139. The first kappa shape index (κ1) is 16.5. The van der Waals surface area contributed by atoms with Gasteiger partial charge >= 0.3 is 5.97 Å². The van der Waals surface area contributed by atoms with Crippen molar-refractivity contribution in [1.82, 2.24) is 9.88 Å². The van der Waals surface area contributed by atoms with E-state index in [0.717, 1.165) is 35.7 Å². The number of aromatic amines is 1. The number of hydrogen-bond acceptors (Lipinski definition) is 2. The number of aromatic nitrogens is 1. The van der Waals surface area contributed by atoms with Crippen molar-refractivity contribution in [3.63, 3.8) is 0 Å². The van der Waals surface area contributed by atoms with Crippen LogP contribution < -0.4 is 0 Å². The van der Waals surface area contributed by atoms with E-state index in [1.54, 1.807) is 12.3 Å². The molecule has 5 nitrogen and oxygen atoms in total. The van der Waals surface area contributed by atoms with Crippen molar-refractivity contribution >= 4 is 22.8 Å². The Kier molecular flexibility index (Phi) is 4.83. The molecule has 128 valence electrons. The van der Waals surface area contributed by atoms with E-state index in [1.165, 1.54) is 12.1 Å². The second-order valence-electron chi connectivity index (χ2n) is 6.35. The van der Waals surface area contributed by atoms with E-state index in [4.69, 9.17) is 5.11 Å². The number of nitrogens with one attached hydrogen (secondary N) is 1. The van der Waals surface area contributed by atoms with Crippen LogP contribution in [0.1, 0.15) is 37.7 Å². The van der Waals surface area contributed by atoms with Crippen LogP contribution in [-0.4, -0.2) is 39.5 Å². The van der Waals surface area contributed by atoms with E-state index in [-0.39, 0.29) is 30.6 Å². The molecular formula is C18H21FN2O3. The average Bonchev–Trinajstić information content (AvgIpc) is 2.95. The molecule has 2 N–H and O–H groups in total. The maximum absolute atomic E-state index is 13.5. The largest absolute Gasteiger partial charge is 0.481 e. The molecule has 1 aromatic carbocycles. The molecule has 1 fully saturated rings. The fraction of sp³-hybridized carbons (Fsp3) is 0.444. The highest BCUT2D eigenvalue weighted by Crippen LogP contribution is 2.24. The van der Waals surface area contributed by atoms with Crippen LogP contribution in [0.2, 0.25) is 0 Å². The zero-order valence-corrected chi connectivity index (χ0v) is 13.4. The molecule has 1 atom stereocenters. The fourth-order valence-corrected chi connectivity index (χ4v) is 3.48. The summed E-state index contributed by atoms with van der Waals surface area (Å²) in [5.41, 5.74) is 1.58. The molecule has 1 saturated heterocycles. The first-order chi connectivity index (χ1) is 11.5. The molecule has 24 heavy (non-hydrogen) atoms. The number of carbonyl (C=O) groups is 2. The van der Waals surface area contributed by atoms with Gasteiger partial charge in [0.05, 0.1) is 6.42 Å². The summed E-state index contributed by atoms with van der Waals surface area (Å²) in [4.78, 5) is 28.4. The number of carboxylic acid groups (broad SMARTS) is 1. The van der Waals surface area contributed by atoms with Crippen LogP contribution >= 0.6 is 0 Å². The van der Waals surface area contributed by atoms with Crippen molar-refractivity contribution in [2.45, 2.75) is 44.6 Å². The Hall–Kier alpha value is -2.37. The molecule has 1 amide bonds. The van der Waals surface area contributed by atoms with Gasteiger partial charge in [0.1, 0.15) is 5.82 Å². The Bertz CT molecular complexity index is 756. The van der Waals surface area contributed by atoms with Gasteiger partial charge in [-0.05, 0) is 49.4 Å². The molecule has 0 spiro atoms. The quantitative estimate of drug-likeness (QED) is 0.883. The molecule has 6 heteroatoms. The second kappa shape index (κ2) is 7.03. The number of hydrogen-bond donors (Lipinski definition) is 2. The number of rotatable bonds is 5. The summed E-state index contributed by atoms with van der Waals surface area (Å²) in [7, 11) is 0. The topological polar surface area (TPSA) is 73.4 Å². The van der Waals surface area contributed by atoms with Crippen LogP contribution in [0.5, 0.6) is 0 Å². The summed E-state index contributed by atoms with van der Waals surface area (Å²) >= 11 is 0. The molecule has 0 radical (unpaired) electrons. The summed E-state index contributed by atoms with van der Waals surface area (Å²) in [6.45, 7) is 0.667. The average molecular weight is 332 g/mol. The Morgan fingerprint density at radius 3 is 2.96 bits per heavy atom. The van der Waals surface area contributed by atoms with Crippen molar-refractivity contribution in [2.75, 3.05) is 6.54 Å². The Labute approximate surface area is 139 Å². The van der Waals surface area contributed by atoms with Crippen LogP contribution in [0.15, 0.2) is 24.4 Å². The summed E-state index contributed by atoms with van der Waals surface area (Å²) in [6.07, 6.45) is 5.33. The van der Waals surface area contributed by atoms with Crippen LogP contribution in [0.25, 0.3) is 10.9 Å². The number of benzene rings is 1. The van der Waals surface area contributed by atoms with E-state index >= 15 is 0 Å². The van der Waals surface area contributed by atoms with E-state index < -0.39 is 5.97 Å². The minimum Gasteiger partial charge on any atom is -0.481 e. The maximum atomic E-state index is 13.5. The van der Waals surface area contributed by atoms with E-state index in [0.29, 0.717) is 13.0 Å². The summed E-state index contributed by atoms with van der Waals surface area (Å²) < 4.78 is 13.5. The molecule has 0 aliphatic carbocycles. The highest BCUT2D eigenvalue weighted by Gasteiger charge is 2.27. The summed E-state index contributed by atoms with van der Waals surface area (Å²) in [5.74, 6) is -1.18. The fourth-order valence-electron chi connectivity index (χ4n) is 3.48. The number of H-pyrrole nitrogens is 1. The molecule has 2 heterocycles. The molecule has 0 saturated carbocycles. The standard InChI is InChI=1S/C18H21FN2O3/c19-13-4-6-16-15(10-13)12(11-20-16)9-17(22)21-8-2-1-3-14(21)5-7-18(23)24/h4,6,10-11,14,20H,1-3,5,7-9H2,(H,23,24). The van der Waals surface area contributed by atoms with E-state index in [9.17, 15) is 14.0 Å². The molecule has 1 aliphatic rings. The van der Waals surface area contributed by atoms with Crippen LogP contribution in [0.3, 0.4) is 0 Å². The first-order valence-electron chi connectivity index (χ1n) is 8.31. The second-order valence-corrected chi connectivity index (χ2v) is 6.35. The molecule has 1 aliphatic heterocycles. The summed E-state index contributed by atoms with van der Waals surface area (Å²) in [6, 6.07) is 4.47. The minimum absolute atomic E-state index is 0.00991. The molecule has 1 unspecified atom stereocenters. The zero-order chi connectivity index (χ0) is 17.1. The summed E-state index contributed by atoms with van der Waals surface area (Å²) in [5, 5.41) is 9.60. The number of carboxylic acids is 1. The SMILES string of the molecule is O=C(O)CCC1CCCCN1C(=O)Cc1c[nH]c2ccc(F)cc12. The van der Waals surface area contributed by atoms with E-state index in [2.05, 4.69) is 4.98 Å². The predicted molar refractivity (Wildman–Crippen MR) is 88.2 cm³/mol. The van der Waals surface area contributed by atoms with Gasteiger partial charge in [-0.1, -0.05) is 0 Å². The van der Waals surface area contributed by atoms with Crippen LogP contribution in [-0.2, 0) is 16.0 Å². The van der Waals surface area contributed by atoms with Gasteiger partial charge in [0.2, 0.25) is 5.91 Å².